The molecule has 0 bridgehead atoms. The highest BCUT2D eigenvalue weighted by molar-refractivity contribution is 7.90. The van der Waals surface area contributed by atoms with Crippen LogP contribution in [0.2, 0.25) is 0 Å². The molecule has 0 unspecified atom stereocenters. The zero-order valence-corrected chi connectivity index (χ0v) is 9.52. The number of halogens is 2. The van der Waals surface area contributed by atoms with Crippen molar-refractivity contribution in [2.75, 3.05) is 12.9 Å². The van der Waals surface area contributed by atoms with E-state index in [4.69, 9.17) is 5.11 Å². The first-order valence-electron chi connectivity index (χ1n) is 4.65. The first kappa shape index (κ1) is 13.1. The molecule has 16 heavy (non-hydrogen) atoms. The highest BCUT2D eigenvalue weighted by Crippen LogP contribution is 2.22. The van der Waals surface area contributed by atoms with Gasteiger partial charge in [-0.15, -0.1) is 0 Å². The molecule has 0 radical (unpaired) electrons. The predicted molar refractivity (Wildman–Crippen MR) is 54.9 cm³/mol. The summed E-state index contributed by atoms with van der Waals surface area (Å²) in [5.74, 6) is -1.85. The lowest BCUT2D eigenvalue weighted by molar-refractivity contribution is 0.287. The summed E-state index contributed by atoms with van der Waals surface area (Å²) < 4.78 is 49.2. The van der Waals surface area contributed by atoms with Crippen LogP contribution < -0.4 is 0 Å². The van der Waals surface area contributed by atoms with E-state index in [0.29, 0.717) is 0 Å². The van der Waals surface area contributed by atoms with Crippen LogP contribution in [0.15, 0.2) is 17.0 Å². The SMILES string of the molecule is CS(=O)(=O)c1ccc(F)c(CCCO)c1F. The molecule has 1 N–H and O–H groups in total. The molecule has 0 aliphatic carbocycles. The van der Waals surface area contributed by atoms with E-state index in [9.17, 15) is 17.2 Å². The van der Waals surface area contributed by atoms with Gasteiger partial charge in [-0.1, -0.05) is 0 Å². The van der Waals surface area contributed by atoms with Gasteiger partial charge in [0.25, 0.3) is 0 Å². The van der Waals surface area contributed by atoms with Crippen molar-refractivity contribution in [3.05, 3.63) is 29.3 Å². The van der Waals surface area contributed by atoms with Gasteiger partial charge in [0, 0.05) is 18.4 Å². The van der Waals surface area contributed by atoms with Crippen LogP contribution in [0.3, 0.4) is 0 Å². The van der Waals surface area contributed by atoms with E-state index in [0.717, 1.165) is 18.4 Å². The second-order valence-electron chi connectivity index (χ2n) is 3.44. The standard InChI is InChI=1S/C10H12F2O3S/c1-16(14,15)9-5-4-8(11)7(10(9)12)3-2-6-13/h4-5,13H,2-3,6H2,1H3. The van der Waals surface area contributed by atoms with Gasteiger partial charge in [0.05, 0.1) is 0 Å². The molecule has 0 atom stereocenters. The molecule has 1 rings (SSSR count). The van der Waals surface area contributed by atoms with E-state index >= 15 is 0 Å². The summed E-state index contributed by atoms with van der Waals surface area (Å²) in [6, 6.07) is 1.83. The number of rotatable bonds is 4. The molecule has 0 aliphatic heterocycles. The van der Waals surface area contributed by atoms with Gasteiger partial charge >= 0.3 is 0 Å². The topological polar surface area (TPSA) is 54.4 Å². The van der Waals surface area contributed by atoms with Crippen molar-refractivity contribution in [1.29, 1.82) is 0 Å². The fraction of sp³-hybridized carbons (Fsp3) is 0.400. The van der Waals surface area contributed by atoms with E-state index in [1.807, 2.05) is 0 Å². The van der Waals surface area contributed by atoms with Gasteiger partial charge < -0.3 is 5.11 Å². The Kier molecular flexibility index (Phi) is 3.98. The third-order valence-corrected chi connectivity index (χ3v) is 3.25. The molecular formula is C10H12F2O3S. The average Bonchev–Trinajstić information content (AvgIpc) is 2.15. The number of aliphatic hydroxyl groups excluding tert-OH is 1. The lowest BCUT2D eigenvalue weighted by Crippen LogP contribution is -2.06. The summed E-state index contributed by atoms with van der Waals surface area (Å²) in [6.45, 7) is -0.206. The Bertz CT molecular complexity index is 483. The van der Waals surface area contributed by atoms with Crippen molar-refractivity contribution in [1.82, 2.24) is 0 Å². The van der Waals surface area contributed by atoms with Crippen LogP contribution in [0.4, 0.5) is 8.78 Å². The summed E-state index contributed by atoms with van der Waals surface area (Å²) in [5, 5.41) is 8.58. The molecule has 0 amide bonds. The van der Waals surface area contributed by atoms with Crippen LogP contribution in [0, 0.1) is 11.6 Å². The normalized spacial score (nSPS) is 11.8. The maximum absolute atomic E-state index is 13.7. The minimum Gasteiger partial charge on any atom is -0.396 e. The average molecular weight is 250 g/mol. The highest BCUT2D eigenvalue weighted by Gasteiger charge is 2.19. The van der Waals surface area contributed by atoms with Crippen LogP contribution in [0.25, 0.3) is 0 Å². The maximum Gasteiger partial charge on any atom is 0.178 e. The molecule has 0 aliphatic rings. The first-order valence-corrected chi connectivity index (χ1v) is 6.55. The second-order valence-corrected chi connectivity index (χ2v) is 5.42. The number of hydrogen-bond donors (Lipinski definition) is 1. The van der Waals surface area contributed by atoms with Gasteiger partial charge in [0.15, 0.2) is 9.84 Å². The van der Waals surface area contributed by atoms with Crippen molar-refractivity contribution in [3.63, 3.8) is 0 Å². The van der Waals surface area contributed by atoms with E-state index in [1.165, 1.54) is 0 Å². The maximum atomic E-state index is 13.7. The van der Waals surface area contributed by atoms with Crippen LogP contribution in [-0.4, -0.2) is 26.4 Å². The summed E-state index contributed by atoms with van der Waals surface area (Å²) in [5.41, 5.74) is -0.294. The summed E-state index contributed by atoms with van der Waals surface area (Å²) in [4.78, 5) is -0.512. The molecule has 1 aromatic carbocycles. The van der Waals surface area contributed by atoms with Crippen LogP contribution in [-0.2, 0) is 16.3 Å². The first-order chi connectivity index (χ1) is 7.38. The Labute approximate surface area is 92.6 Å². The Balaban J connectivity index is 3.27. The monoisotopic (exact) mass is 250 g/mol. The fourth-order valence-electron chi connectivity index (χ4n) is 1.35. The quantitative estimate of drug-likeness (QED) is 0.819. The third-order valence-electron chi connectivity index (χ3n) is 2.13. The van der Waals surface area contributed by atoms with Gasteiger partial charge in [-0.2, -0.15) is 0 Å². The zero-order valence-electron chi connectivity index (χ0n) is 8.70. The van der Waals surface area contributed by atoms with Gasteiger partial charge in [0.2, 0.25) is 0 Å². The number of sulfone groups is 1. The van der Waals surface area contributed by atoms with Crippen molar-refractivity contribution < 1.29 is 22.3 Å². The lowest BCUT2D eigenvalue weighted by atomic mass is 10.1. The van der Waals surface area contributed by atoms with Gasteiger partial charge in [-0.25, -0.2) is 17.2 Å². The molecule has 1 aromatic rings. The number of hydrogen-bond acceptors (Lipinski definition) is 3. The highest BCUT2D eigenvalue weighted by atomic mass is 32.2. The molecule has 0 saturated heterocycles. The van der Waals surface area contributed by atoms with Crippen molar-refractivity contribution in [2.24, 2.45) is 0 Å². The molecule has 6 heteroatoms. The largest absolute Gasteiger partial charge is 0.396 e. The summed E-state index contributed by atoms with van der Waals surface area (Å²) >= 11 is 0. The molecule has 0 spiro atoms. The van der Waals surface area contributed by atoms with Crippen molar-refractivity contribution >= 4 is 9.84 Å². The molecule has 0 aromatic heterocycles. The third kappa shape index (κ3) is 2.76. The van der Waals surface area contributed by atoms with E-state index in [2.05, 4.69) is 0 Å². The molecule has 90 valence electrons. The number of benzene rings is 1. The Morgan fingerprint density at radius 1 is 1.31 bits per heavy atom. The predicted octanol–water partition coefficient (Wildman–Crippen LogP) is 1.29. The summed E-state index contributed by atoms with van der Waals surface area (Å²) in [6.07, 6.45) is 1.01. The fourth-order valence-corrected chi connectivity index (χ4v) is 2.11. The minimum absolute atomic E-state index is 0.0302. The molecule has 0 saturated carbocycles. The van der Waals surface area contributed by atoms with Gasteiger partial charge in [-0.3, -0.25) is 0 Å². The Morgan fingerprint density at radius 2 is 1.94 bits per heavy atom. The van der Waals surface area contributed by atoms with Crippen LogP contribution in [0.5, 0.6) is 0 Å². The minimum atomic E-state index is -3.70. The molecule has 0 heterocycles. The van der Waals surface area contributed by atoms with Gasteiger partial charge in [0.1, 0.15) is 16.5 Å². The zero-order chi connectivity index (χ0) is 12.3. The van der Waals surface area contributed by atoms with Crippen LogP contribution >= 0.6 is 0 Å². The number of aliphatic hydroxyl groups is 1. The Morgan fingerprint density at radius 3 is 2.44 bits per heavy atom. The molecular weight excluding hydrogens is 238 g/mol. The molecule has 3 nitrogen and oxygen atoms in total. The second kappa shape index (κ2) is 4.88. The smallest absolute Gasteiger partial charge is 0.178 e. The molecule has 0 fully saturated rings. The van der Waals surface area contributed by atoms with Crippen molar-refractivity contribution in [2.45, 2.75) is 17.7 Å². The van der Waals surface area contributed by atoms with Crippen LogP contribution in [0.1, 0.15) is 12.0 Å². The Hall–Kier alpha value is -1.01. The summed E-state index contributed by atoms with van der Waals surface area (Å²) in [7, 11) is -3.70. The van der Waals surface area contributed by atoms with Crippen molar-refractivity contribution in [3.8, 4) is 0 Å². The lowest BCUT2D eigenvalue weighted by Gasteiger charge is -2.07. The van der Waals surface area contributed by atoms with E-state index in [-0.39, 0.29) is 25.0 Å². The van der Waals surface area contributed by atoms with E-state index in [1.54, 1.807) is 0 Å². The van der Waals surface area contributed by atoms with Gasteiger partial charge in [-0.05, 0) is 25.0 Å². The van der Waals surface area contributed by atoms with E-state index < -0.39 is 26.4 Å².